The lowest BCUT2D eigenvalue weighted by Crippen LogP contribution is -2.14. The molecule has 4 heteroatoms. The molecule has 0 saturated heterocycles. The number of rotatable bonds is 1. The van der Waals surface area contributed by atoms with Crippen molar-refractivity contribution >= 4 is 5.65 Å². The zero-order valence-corrected chi connectivity index (χ0v) is 8.69. The number of aromatic hydroxyl groups is 1. The van der Waals surface area contributed by atoms with E-state index in [2.05, 4.69) is 4.98 Å². The smallest absolute Gasteiger partial charge is 0.261 e. The molecular formula is C11H12N2O2. The van der Waals surface area contributed by atoms with Gasteiger partial charge >= 0.3 is 0 Å². The van der Waals surface area contributed by atoms with Crippen LogP contribution in [0.25, 0.3) is 5.65 Å². The summed E-state index contributed by atoms with van der Waals surface area (Å²) in [6, 6.07) is 3.09. The highest BCUT2D eigenvalue weighted by atomic mass is 16.3. The molecule has 0 unspecified atom stereocenters. The molecule has 0 aliphatic carbocycles. The molecule has 2 aromatic rings. The van der Waals surface area contributed by atoms with Gasteiger partial charge in [-0.3, -0.25) is 9.20 Å². The first-order valence-corrected chi connectivity index (χ1v) is 4.83. The zero-order chi connectivity index (χ0) is 11.0. The minimum Gasteiger partial charge on any atom is -0.493 e. The fourth-order valence-electron chi connectivity index (χ4n) is 1.67. The quantitative estimate of drug-likeness (QED) is 0.761. The Labute approximate surface area is 86.8 Å². The molecule has 0 amide bonds. The first-order chi connectivity index (χ1) is 7.11. The Morgan fingerprint density at radius 3 is 2.87 bits per heavy atom. The van der Waals surface area contributed by atoms with E-state index < -0.39 is 0 Å². The Morgan fingerprint density at radius 1 is 1.47 bits per heavy atom. The number of pyridine rings is 1. The fourth-order valence-corrected chi connectivity index (χ4v) is 1.67. The van der Waals surface area contributed by atoms with Gasteiger partial charge in [0.25, 0.3) is 5.56 Å². The number of hydrogen-bond acceptors (Lipinski definition) is 3. The molecule has 0 saturated carbocycles. The molecule has 0 spiro atoms. The molecule has 0 radical (unpaired) electrons. The minimum absolute atomic E-state index is 0.224. The number of hydrogen-bond donors (Lipinski definition) is 1. The van der Waals surface area contributed by atoms with Crippen LogP contribution in [-0.4, -0.2) is 14.5 Å². The van der Waals surface area contributed by atoms with Crippen LogP contribution in [0.1, 0.15) is 18.1 Å². The monoisotopic (exact) mass is 204 g/mol. The van der Waals surface area contributed by atoms with Crippen molar-refractivity contribution in [2.75, 3.05) is 0 Å². The lowest BCUT2D eigenvalue weighted by Gasteiger charge is -2.06. The highest BCUT2D eigenvalue weighted by Gasteiger charge is 2.05. The summed E-state index contributed by atoms with van der Waals surface area (Å²) >= 11 is 0. The molecule has 0 atom stereocenters. The molecular weight excluding hydrogens is 192 g/mol. The molecule has 15 heavy (non-hydrogen) atoms. The summed E-state index contributed by atoms with van der Waals surface area (Å²) < 4.78 is 1.47. The van der Waals surface area contributed by atoms with Gasteiger partial charge in [0.1, 0.15) is 5.65 Å². The second-order valence-electron chi connectivity index (χ2n) is 3.54. The standard InChI is InChI=1S/C11H12N2O2/c1-3-8-4-7(2)6-13-10(15)5-9(14)12-11(8)13/h4-6,14H,3H2,1-2H3. The van der Waals surface area contributed by atoms with Crippen molar-refractivity contribution in [3.63, 3.8) is 0 Å². The second kappa shape index (κ2) is 3.38. The van der Waals surface area contributed by atoms with Gasteiger partial charge in [-0.05, 0) is 24.5 Å². The van der Waals surface area contributed by atoms with Crippen LogP contribution in [0.5, 0.6) is 5.88 Å². The Balaban J connectivity index is 2.96. The van der Waals surface area contributed by atoms with Crippen molar-refractivity contribution in [1.82, 2.24) is 9.38 Å². The average Bonchev–Trinajstić information content (AvgIpc) is 2.18. The second-order valence-corrected chi connectivity index (χ2v) is 3.54. The van der Waals surface area contributed by atoms with Gasteiger partial charge in [0.05, 0.1) is 6.07 Å². The molecule has 78 valence electrons. The van der Waals surface area contributed by atoms with Crippen LogP contribution in [-0.2, 0) is 6.42 Å². The van der Waals surface area contributed by atoms with E-state index in [1.807, 2.05) is 19.9 Å². The van der Waals surface area contributed by atoms with E-state index in [0.717, 1.165) is 23.6 Å². The molecule has 2 aromatic heterocycles. The Hall–Kier alpha value is -1.84. The Bertz CT molecular complexity index is 573. The topological polar surface area (TPSA) is 54.6 Å². The van der Waals surface area contributed by atoms with Gasteiger partial charge < -0.3 is 5.11 Å². The Kier molecular flexibility index (Phi) is 2.19. The van der Waals surface area contributed by atoms with Crippen molar-refractivity contribution in [2.45, 2.75) is 20.3 Å². The van der Waals surface area contributed by atoms with Gasteiger partial charge in [-0.1, -0.05) is 13.0 Å². The summed E-state index contributed by atoms with van der Waals surface area (Å²) in [6.07, 6.45) is 2.50. The average molecular weight is 204 g/mol. The van der Waals surface area contributed by atoms with Crippen molar-refractivity contribution < 1.29 is 5.11 Å². The number of aromatic nitrogens is 2. The van der Waals surface area contributed by atoms with Crippen LogP contribution >= 0.6 is 0 Å². The summed E-state index contributed by atoms with van der Waals surface area (Å²) in [4.78, 5) is 15.5. The van der Waals surface area contributed by atoms with Crippen LogP contribution in [0.4, 0.5) is 0 Å². The van der Waals surface area contributed by atoms with E-state index in [0.29, 0.717) is 5.65 Å². The van der Waals surface area contributed by atoms with Crippen LogP contribution in [0, 0.1) is 6.92 Å². The maximum Gasteiger partial charge on any atom is 0.261 e. The van der Waals surface area contributed by atoms with E-state index in [1.165, 1.54) is 4.40 Å². The van der Waals surface area contributed by atoms with Crippen LogP contribution in [0.15, 0.2) is 23.1 Å². The van der Waals surface area contributed by atoms with E-state index in [9.17, 15) is 9.90 Å². The maximum absolute atomic E-state index is 11.6. The first-order valence-electron chi connectivity index (χ1n) is 4.83. The summed E-state index contributed by atoms with van der Waals surface area (Å²) in [5, 5.41) is 9.28. The van der Waals surface area contributed by atoms with Crippen LogP contribution < -0.4 is 5.56 Å². The van der Waals surface area contributed by atoms with Gasteiger partial charge in [-0.15, -0.1) is 0 Å². The van der Waals surface area contributed by atoms with Gasteiger partial charge in [0.15, 0.2) is 0 Å². The zero-order valence-electron chi connectivity index (χ0n) is 8.69. The highest BCUT2D eigenvalue weighted by Crippen LogP contribution is 2.12. The van der Waals surface area contributed by atoms with E-state index >= 15 is 0 Å². The third kappa shape index (κ3) is 1.58. The Morgan fingerprint density at radius 2 is 2.20 bits per heavy atom. The maximum atomic E-state index is 11.6. The molecule has 0 aliphatic rings. The van der Waals surface area contributed by atoms with Gasteiger partial charge in [0.2, 0.25) is 5.88 Å². The molecule has 2 heterocycles. The van der Waals surface area contributed by atoms with Gasteiger partial charge in [-0.2, -0.15) is 4.98 Å². The predicted octanol–water partition coefficient (Wildman–Crippen LogP) is 1.27. The highest BCUT2D eigenvalue weighted by molar-refractivity contribution is 5.50. The number of nitrogens with zero attached hydrogens (tertiary/aromatic N) is 2. The van der Waals surface area contributed by atoms with Crippen LogP contribution in [0.3, 0.4) is 0 Å². The molecule has 0 aromatic carbocycles. The van der Waals surface area contributed by atoms with E-state index in [4.69, 9.17) is 0 Å². The number of fused-ring (bicyclic) bond motifs is 1. The molecule has 4 nitrogen and oxygen atoms in total. The summed E-state index contributed by atoms with van der Waals surface area (Å²) in [5.41, 5.74) is 2.25. The van der Waals surface area contributed by atoms with Crippen molar-refractivity contribution in [3.05, 3.63) is 39.8 Å². The predicted molar refractivity (Wildman–Crippen MR) is 57.2 cm³/mol. The summed E-state index contributed by atoms with van der Waals surface area (Å²) in [6.45, 7) is 3.92. The first kappa shape index (κ1) is 9.71. The molecule has 2 rings (SSSR count). The van der Waals surface area contributed by atoms with Crippen LogP contribution in [0.2, 0.25) is 0 Å². The largest absolute Gasteiger partial charge is 0.493 e. The fraction of sp³-hybridized carbons (Fsp3) is 0.273. The minimum atomic E-state index is -0.254. The third-order valence-corrected chi connectivity index (χ3v) is 2.34. The lowest BCUT2D eigenvalue weighted by molar-refractivity contribution is 0.452. The van der Waals surface area contributed by atoms with Gasteiger partial charge in [0, 0.05) is 6.20 Å². The molecule has 0 aliphatic heterocycles. The van der Waals surface area contributed by atoms with E-state index in [-0.39, 0.29) is 11.4 Å². The van der Waals surface area contributed by atoms with Crippen molar-refractivity contribution in [1.29, 1.82) is 0 Å². The number of aryl methyl sites for hydroxylation is 2. The SMILES string of the molecule is CCc1cc(C)cn2c(=O)cc(O)nc12. The lowest BCUT2D eigenvalue weighted by atomic mass is 10.1. The van der Waals surface area contributed by atoms with Crippen molar-refractivity contribution in [2.24, 2.45) is 0 Å². The third-order valence-electron chi connectivity index (χ3n) is 2.34. The molecule has 0 bridgehead atoms. The van der Waals surface area contributed by atoms with Crippen molar-refractivity contribution in [3.8, 4) is 5.88 Å². The summed E-state index contributed by atoms with van der Waals surface area (Å²) in [7, 11) is 0. The molecule has 0 fully saturated rings. The van der Waals surface area contributed by atoms with E-state index in [1.54, 1.807) is 6.20 Å². The van der Waals surface area contributed by atoms with Gasteiger partial charge in [-0.25, -0.2) is 0 Å². The molecule has 1 N–H and O–H groups in total. The normalized spacial score (nSPS) is 10.8. The summed E-state index contributed by atoms with van der Waals surface area (Å²) in [5.74, 6) is -0.224.